The molecule has 1 aliphatic heterocycles. The summed E-state index contributed by atoms with van der Waals surface area (Å²) in [5, 5.41) is 7.91. The molecular weight excluding hydrogens is 259 g/mol. The largest absolute Gasteiger partial charge is 0.315 e. The number of Topliss-reactive ketones (excluding diaryl/α,β-unsaturated/α-hetero) is 1. The van der Waals surface area contributed by atoms with Gasteiger partial charge < -0.3 is 4.57 Å². The number of rotatable bonds is 4. The van der Waals surface area contributed by atoms with E-state index in [2.05, 4.69) is 15.1 Å². The molecule has 104 valence electrons. The van der Waals surface area contributed by atoms with Crippen molar-refractivity contribution in [3.63, 3.8) is 0 Å². The lowest BCUT2D eigenvalue weighted by Crippen LogP contribution is -2.35. The van der Waals surface area contributed by atoms with E-state index < -0.39 is 0 Å². The van der Waals surface area contributed by atoms with Crippen LogP contribution in [-0.4, -0.2) is 38.5 Å². The van der Waals surface area contributed by atoms with Gasteiger partial charge in [-0.15, -0.1) is 10.2 Å². The van der Waals surface area contributed by atoms with Crippen LogP contribution in [0.4, 0.5) is 4.39 Å². The number of ketones is 1. The summed E-state index contributed by atoms with van der Waals surface area (Å²) in [5.74, 6) is 0.521. The highest BCUT2D eigenvalue weighted by molar-refractivity contribution is 5.96. The standard InChI is InChI=1S/C14H15FN4O/c15-12-3-1-2-11(8-12)13(20)4-5-18-6-7-19-10-16-17-14(19)9-18/h1-3,8,10H,4-7,9H2. The van der Waals surface area contributed by atoms with Crippen LogP contribution in [0.15, 0.2) is 30.6 Å². The van der Waals surface area contributed by atoms with Crippen LogP contribution in [0.5, 0.6) is 0 Å². The number of aromatic nitrogens is 3. The topological polar surface area (TPSA) is 51.0 Å². The molecule has 0 saturated carbocycles. The predicted molar refractivity (Wildman–Crippen MR) is 70.6 cm³/mol. The molecule has 5 nitrogen and oxygen atoms in total. The van der Waals surface area contributed by atoms with E-state index >= 15 is 0 Å². The first-order chi connectivity index (χ1) is 9.72. The molecule has 0 saturated heterocycles. The molecule has 0 unspecified atom stereocenters. The van der Waals surface area contributed by atoms with Crippen LogP contribution < -0.4 is 0 Å². The van der Waals surface area contributed by atoms with Crippen LogP contribution in [0.1, 0.15) is 22.6 Å². The molecular formula is C14H15FN4O. The SMILES string of the molecule is O=C(CCN1CCn2cnnc2C1)c1cccc(F)c1. The summed E-state index contributed by atoms with van der Waals surface area (Å²) in [6, 6.07) is 5.84. The summed E-state index contributed by atoms with van der Waals surface area (Å²) >= 11 is 0. The van der Waals surface area contributed by atoms with Crippen molar-refractivity contribution in [2.45, 2.75) is 19.5 Å². The molecule has 1 aromatic heterocycles. The van der Waals surface area contributed by atoms with Crippen LogP contribution in [-0.2, 0) is 13.1 Å². The Hall–Kier alpha value is -2.08. The monoisotopic (exact) mass is 274 g/mol. The number of benzene rings is 1. The first-order valence-electron chi connectivity index (χ1n) is 6.60. The second-order valence-corrected chi connectivity index (χ2v) is 4.90. The van der Waals surface area contributed by atoms with Gasteiger partial charge in [0, 0.05) is 31.6 Å². The number of hydrogen-bond acceptors (Lipinski definition) is 4. The molecule has 20 heavy (non-hydrogen) atoms. The van der Waals surface area contributed by atoms with Crippen LogP contribution in [0.3, 0.4) is 0 Å². The molecule has 6 heteroatoms. The maximum Gasteiger partial charge on any atom is 0.164 e. The van der Waals surface area contributed by atoms with Gasteiger partial charge in [-0.05, 0) is 12.1 Å². The van der Waals surface area contributed by atoms with Crippen molar-refractivity contribution in [3.05, 3.63) is 47.8 Å². The van der Waals surface area contributed by atoms with Crippen molar-refractivity contribution >= 4 is 5.78 Å². The molecule has 1 aliphatic rings. The van der Waals surface area contributed by atoms with Crippen molar-refractivity contribution in [2.75, 3.05) is 13.1 Å². The maximum atomic E-state index is 13.1. The Labute approximate surface area is 116 Å². The van der Waals surface area contributed by atoms with Crippen molar-refractivity contribution in [3.8, 4) is 0 Å². The van der Waals surface area contributed by atoms with E-state index in [4.69, 9.17) is 0 Å². The van der Waals surface area contributed by atoms with Gasteiger partial charge in [0.15, 0.2) is 5.78 Å². The van der Waals surface area contributed by atoms with Gasteiger partial charge in [-0.1, -0.05) is 12.1 Å². The normalized spacial score (nSPS) is 15.1. The number of hydrogen-bond donors (Lipinski definition) is 0. The van der Waals surface area contributed by atoms with Gasteiger partial charge in [-0.2, -0.15) is 0 Å². The number of fused-ring (bicyclic) bond motifs is 1. The Bertz CT molecular complexity index is 625. The van der Waals surface area contributed by atoms with E-state index in [0.29, 0.717) is 25.1 Å². The quantitative estimate of drug-likeness (QED) is 0.793. The van der Waals surface area contributed by atoms with Crippen molar-refractivity contribution < 1.29 is 9.18 Å². The summed E-state index contributed by atoms with van der Waals surface area (Å²) in [6.45, 7) is 3.08. The smallest absolute Gasteiger partial charge is 0.164 e. The van der Waals surface area contributed by atoms with Gasteiger partial charge in [-0.3, -0.25) is 9.69 Å². The van der Waals surface area contributed by atoms with Crippen molar-refractivity contribution in [2.24, 2.45) is 0 Å². The van der Waals surface area contributed by atoms with Crippen LogP contribution in [0, 0.1) is 5.82 Å². The minimum Gasteiger partial charge on any atom is -0.315 e. The lowest BCUT2D eigenvalue weighted by molar-refractivity contribution is 0.0955. The summed E-state index contributed by atoms with van der Waals surface area (Å²) < 4.78 is 15.1. The molecule has 0 amide bonds. The Morgan fingerprint density at radius 3 is 3.10 bits per heavy atom. The lowest BCUT2D eigenvalue weighted by atomic mass is 10.1. The Morgan fingerprint density at radius 2 is 2.25 bits per heavy atom. The minimum atomic E-state index is -0.373. The van der Waals surface area contributed by atoms with E-state index in [1.807, 2.05) is 4.57 Å². The lowest BCUT2D eigenvalue weighted by Gasteiger charge is -2.26. The van der Waals surface area contributed by atoms with Crippen LogP contribution in [0.2, 0.25) is 0 Å². The van der Waals surface area contributed by atoms with Crippen molar-refractivity contribution in [1.82, 2.24) is 19.7 Å². The first kappa shape index (κ1) is 12.9. The zero-order chi connectivity index (χ0) is 13.9. The zero-order valence-electron chi connectivity index (χ0n) is 11.0. The second-order valence-electron chi connectivity index (χ2n) is 4.90. The Balaban J connectivity index is 1.57. The van der Waals surface area contributed by atoms with Gasteiger partial charge >= 0.3 is 0 Å². The summed E-state index contributed by atoms with van der Waals surface area (Å²) in [6.07, 6.45) is 2.11. The van der Waals surface area contributed by atoms with Crippen LogP contribution in [0.25, 0.3) is 0 Å². The third-order valence-electron chi connectivity index (χ3n) is 3.52. The predicted octanol–water partition coefficient (Wildman–Crippen LogP) is 1.51. The molecule has 3 rings (SSSR count). The van der Waals surface area contributed by atoms with E-state index in [9.17, 15) is 9.18 Å². The average Bonchev–Trinajstić information content (AvgIpc) is 2.92. The minimum absolute atomic E-state index is 0.0310. The molecule has 0 aliphatic carbocycles. The third-order valence-corrected chi connectivity index (χ3v) is 3.52. The first-order valence-corrected chi connectivity index (χ1v) is 6.60. The number of carbonyl (C=O) groups excluding carboxylic acids is 1. The number of nitrogens with zero attached hydrogens (tertiary/aromatic N) is 4. The Kier molecular flexibility index (Phi) is 3.56. The third kappa shape index (κ3) is 2.75. The van der Waals surface area contributed by atoms with E-state index in [1.165, 1.54) is 12.1 Å². The molecule has 1 aromatic carbocycles. The fourth-order valence-electron chi connectivity index (χ4n) is 2.37. The Morgan fingerprint density at radius 1 is 1.35 bits per heavy atom. The molecule has 0 N–H and O–H groups in total. The summed E-state index contributed by atoms with van der Waals surface area (Å²) in [7, 11) is 0. The van der Waals surface area contributed by atoms with E-state index in [-0.39, 0.29) is 11.6 Å². The average molecular weight is 274 g/mol. The van der Waals surface area contributed by atoms with Gasteiger partial charge in [0.2, 0.25) is 0 Å². The van der Waals surface area contributed by atoms with E-state index in [1.54, 1.807) is 18.5 Å². The van der Waals surface area contributed by atoms with Gasteiger partial charge in [-0.25, -0.2) is 4.39 Å². The maximum absolute atomic E-state index is 13.1. The molecule has 0 radical (unpaired) electrons. The molecule has 0 spiro atoms. The zero-order valence-corrected chi connectivity index (χ0v) is 11.0. The highest BCUT2D eigenvalue weighted by Gasteiger charge is 2.18. The summed E-state index contributed by atoms with van der Waals surface area (Å²) in [5.41, 5.74) is 0.435. The van der Waals surface area contributed by atoms with Crippen molar-refractivity contribution in [1.29, 1.82) is 0 Å². The van der Waals surface area contributed by atoms with E-state index in [0.717, 1.165) is 18.9 Å². The molecule has 0 bridgehead atoms. The fourth-order valence-corrected chi connectivity index (χ4v) is 2.37. The molecule has 2 aromatic rings. The van der Waals surface area contributed by atoms with Gasteiger partial charge in [0.05, 0.1) is 6.54 Å². The number of halogens is 1. The molecule has 0 fully saturated rings. The highest BCUT2D eigenvalue weighted by Crippen LogP contribution is 2.11. The molecule has 2 heterocycles. The van der Waals surface area contributed by atoms with Crippen LogP contribution >= 0.6 is 0 Å². The number of carbonyl (C=O) groups is 1. The fraction of sp³-hybridized carbons (Fsp3) is 0.357. The highest BCUT2D eigenvalue weighted by atomic mass is 19.1. The van der Waals surface area contributed by atoms with Gasteiger partial charge in [0.1, 0.15) is 18.0 Å². The second kappa shape index (κ2) is 5.50. The van der Waals surface area contributed by atoms with Gasteiger partial charge in [0.25, 0.3) is 0 Å². The molecule has 0 atom stereocenters. The summed E-state index contributed by atoms with van der Waals surface area (Å²) in [4.78, 5) is 14.2.